The molecule has 0 spiro atoms. The molecule has 0 amide bonds. The predicted octanol–water partition coefficient (Wildman–Crippen LogP) is 1.43. The maximum absolute atomic E-state index is 12.6. The number of nitrogens with zero attached hydrogens (tertiary/aromatic N) is 2. The molecule has 0 aliphatic carbocycles. The molecule has 0 N–H and O–H groups in total. The van der Waals surface area contributed by atoms with Crippen LogP contribution in [0.3, 0.4) is 0 Å². The Bertz CT molecular complexity index is 719. The highest BCUT2D eigenvalue weighted by molar-refractivity contribution is 7.89. The fourth-order valence-corrected chi connectivity index (χ4v) is 5.56. The van der Waals surface area contributed by atoms with Crippen molar-refractivity contribution in [2.75, 3.05) is 31.9 Å². The molecule has 0 saturated carbocycles. The van der Waals surface area contributed by atoms with Gasteiger partial charge in [0.25, 0.3) is 0 Å². The van der Waals surface area contributed by atoms with Crippen LogP contribution in [-0.4, -0.2) is 57.4 Å². The van der Waals surface area contributed by atoms with E-state index in [1.165, 1.54) is 8.61 Å². The molecule has 6 nitrogen and oxygen atoms in total. The Labute approximate surface area is 139 Å². The van der Waals surface area contributed by atoms with Crippen molar-refractivity contribution in [1.82, 2.24) is 8.61 Å². The van der Waals surface area contributed by atoms with E-state index < -0.39 is 20.0 Å². The third-order valence-corrected chi connectivity index (χ3v) is 7.87. The van der Waals surface area contributed by atoms with Gasteiger partial charge in [-0.1, -0.05) is 31.0 Å². The largest absolute Gasteiger partial charge is 0.243 e. The Morgan fingerprint density at radius 1 is 0.913 bits per heavy atom. The van der Waals surface area contributed by atoms with Gasteiger partial charge in [0.2, 0.25) is 20.0 Å². The summed E-state index contributed by atoms with van der Waals surface area (Å²) in [6.07, 6.45) is 1.45. The van der Waals surface area contributed by atoms with Crippen LogP contribution in [0.25, 0.3) is 0 Å². The summed E-state index contributed by atoms with van der Waals surface area (Å²) in [4.78, 5) is 0.255. The summed E-state index contributed by atoms with van der Waals surface area (Å²) in [5.41, 5.74) is 0.996. The van der Waals surface area contributed by atoms with Gasteiger partial charge in [0, 0.05) is 26.2 Å². The molecule has 1 aliphatic heterocycles. The van der Waals surface area contributed by atoms with E-state index in [-0.39, 0.29) is 36.8 Å². The first-order chi connectivity index (χ1) is 10.8. The summed E-state index contributed by atoms with van der Waals surface area (Å²) < 4.78 is 52.3. The number of hydrogen-bond acceptors (Lipinski definition) is 4. The molecule has 0 radical (unpaired) electrons. The fraction of sp³-hybridized carbons (Fsp3) is 0.600. The lowest BCUT2D eigenvalue weighted by Crippen LogP contribution is -2.50. The van der Waals surface area contributed by atoms with Gasteiger partial charge in [-0.15, -0.1) is 0 Å². The van der Waals surface area contributed by atoms with E-state index in [0.717, 1.165) is 12.0 Å². The maximum Gasteiger partial charge on any atom is 0.243 e. The Morgan fingerprint density at radius 3 is 1.96 bits per heavy atom. The molecule has 1 aromatic rings. The number of piperazine rings is 1. The van der Waals surface area contributed by atoms with Crippen LogP contribution in [0, 0.1) is 6.92 Å². The third-order valence-electron chi connectivity index (χ3n) is 4.01. The average Bonchev–Trinajstić information content (AvgIpc) is 2.53. The van der Waals surface area contributed by atoms with Crippen molar-refractivity contribution in [3.63, 3.8) is 0 Å². The minimum Gasteiger partial charge on any atom is -0.212 e. The van der Waals surface area contributed by atoms with Crippen LogP contribution >= 0.6 is 0 Å². The average molecular weight is 361 g/mol. The number of aryl methyl sites for hydroxylation is 1. The lowest BCUT2D eigenvalue weighted by molar-refractivity contribution is 0.272. The van der Waals surface area contributed by atoms with Crippen molar-refractivity contribution < 1.29 is 16.8 Å². The standard InChI is InChI=1S/C15H24N2O4S2/c1-3-4-13-22(18,19)16-9-11-17(12-10-16)23(20,21)15-7-5-14(2)6-8-15/h5-8H,3-4,9-13H2,1-2H3. The summed E-state index contributed by atoms with van der Waals surface area (Å²) in [6, 6.07) is 6.71. The molecule has 2 rings (SSSR count). The summed E-state index contributed by atoms with van der Waals surface area (Å²) >= 11 is 0. The van der Waals surface area contributed by atoms with Crippen molar-refractivity contribution in [2.24, 2.45) is 0 Å². The molecule has 1 heterocycles. The van der Waals surface area contributed by atoms with Crippen LogP contribution < -0.4 is 0 Å². The van der Waals surface area contributed by atoms with Crippen molar-refractivity contribution in [3.05, 3.63) is 29.8 Å². The lowest BCUT2D eigenvalue weighted by atomic mass is 10.2. The van der Waals surface area contributed by atoms with Crippen molar-refractivity contribution in [3.8, 4) is 0 Å². The SMILES string of the molecule is CCCCS(=O)(=O)N1CCN(S(=O)(=O)c2ccc(C)cc2)CC1. The van der Waals surface area contributed by atoms with Gasteiger partial charge in [-0.05, 0) is 25.5 Å². The third kappa shape index (κ3) is 4.32. The van der Waals surface area contributed by atoms with Crippen LogP contribution in [-0.2, 0) is 20.0 Å². The minimum atomic E-state index is -3.55. The van der Waals surface area contributed by atoms with Gasteiger partial charge in [-0.25, -0.2) is 16.8 Å². The second-order valence-electron chi connectivity index (χ2n) is 5.79. The second-order valence-corrected chi connectivity index (χ2v) is 9.81. The van der Waals surface area contributed by atoms with Crippen LogP contribution in [0.2, 0.25) is 0 Å². The highest BCUT2D eigenvalue weighted by Crippen LogP contribution is 2.19. The van der Waals surface area contributed by atoms with E-state index in [1.54, 1.807) is 24.3 Å². The smallest absolute Gasteiger partial charge is 0.212 e. The zero-order chi connectivity index (χ0) is 17.1. The van der Waals surface area contributed by atoms with Crippen molar-refractivity contribution in [1.29, 1.82) is 0 Å². The summed E-state index contributed by atoms with van der Waals surface area (Å²) in [7, 11) is -6.83. The van der Waals surface area contributed by atoms with Crippen LogP contribution in [0.4, 0.5) is 0 Å². The van der Waals surface area contributed by atoms with Crippen molar-refractivity contribution >= 4 is 20.0 Å². The first-order valence-corrected chi connectivity index (χ1v) is 10.9. The van der Waals surface area contributed by atoms with Gasteiger partial charge < -0.3 is 0 Å². The quantitative estimate of drug-likeness (QED) is 0.769. The monoisotopic (exact) mass is 360 g/mol. The molecule has 23 heavy (non-hydrogen) atoms. The second kappa shape index (κ2) is 7.29. The molecule has 8 heteroatoms. The summed E-state index contributed by atoms with van der Waals surface area (Å²) in [5.74, 6) is 0.133. The highest BCUT2D eigenvalue weighted by atomic mass is 32.2. The zero-order valence-corrected chi connectivity index (χ0v) is 15.2. The minimum absolute atomic E-state index is 0.133. The summed E-state index contributed by atoms with van der Waals surface area (Å²) in [5, 5.41) is 0. The van der Waals surface area contributed by atoms with Crippen LogP contribution in [0.5, 0.6) is 0 Å². The first kappa shape index (κ1) is 18.4. The molecule has 0 bridgehead atoms. The zero-order valence-electron chi connectivity index (χ0n) is 13.6. The lowest BCUT2D eigenvalue weighted by Gasteiger charge is -2.33. The molecular weight excluding hydrogens is 336 g/mol. The van der Waals surface area contributed by atoms with Gasteiger partial charge in [-0.3, -0.25) is 0 Å². The van der Waals surface area contributed by atoms with E-state index in [1.807, 2.05) is 13.8 Å². The van der Waals surface area contributed by atoms with E-state index in [9.17, 15) is 16.8 Å². The predicted molar refractivity (Wildman–Crippen MR) is 90.2 cm³/mol. The Kier molecular flexibility index (Phi) is 5.83. The number of sulfonamides is 2. The molecule has 0 aromatic heterocycles. The first-order valence-electron chi connectivity index (χ1n) is 7.82. The Morgan fingerprint density at radius 2 is 1.43 bits per heavy atom. The number of unbranched alkanes of at least 4 members (excludes halogenated alkanes) is 1. The number of rotatable bonds is 6. The summed E-state index contributed by atoms with van der Waals surface area (Å²) in [6.45, 7) is 4.68. The Balaban J connectivity index is 2.05. The maximum atomic E-state index is 12.6. The van der Waals surface area contributed by atoms with Crippen molar-refractivity contribution in [2.45, 2.75) is 31.6 Å². The number of benzene rings is 1. The molecular formula is C15H24N2O4S2. The molecule has 1 fully saturated rings. The molecule has 1 aromatic carbocycles. The fourth-order valence-electron chi connectivity index (χ4n) is 2.50. The molecule has 1 aliphatic rings. The Hall–Kier alpha value is -0.960. The van der Waals surface area contributed by atoms with Gasteiger partial charge in [0.15, 0.2) is 0 Å². The van der Waals surface area contributed by atoms with E-state index in [4.69, 9.17) is 0 Å². The molecule has 130 valence electrons. The topological polar surface area (TPSA) is 74.8 Å². The molecule has 1 saturated heterocycles. The molecule has 0 atom stereocenters. The van der Waals surface area contributed by atoms with Gasteiger partial charge >= 0.3 is 0 Å². The number of hydrogen-bond donors (Lipinski definition) is 0. The van der Waals surface area contributed by atoms with E-state index >= 15 is 0 Å². The van der Waals surface area contributed by atoms with Crippen LogP contribution in [0.1, 0.15) is 25.3 Å². The van der Waals surface area contributed by atoms with Crippen LogP contribution in [0.15, 0.2) is 29.2 Å². The van der Waals surface area contributed by atoms with Gasteiger partial charge in [-0.2, -0.15) is 8.61 Å². The molecule has 0 unspecified atom stereocenters. The van der Waals surface area contributed by atoms with Gasteiger partial charge in [0.05, 0.1) is 10.6 Å². The van der Waals surface area contributed by atoms with E-state index in [0.29, 0.717) is 6.42 Å². The van der Waals surface area contributed by atoms with E-state index in [2.05, 4.69) is 0 Å². The normalized spacial score (nSPS) is 18.2. The highest BCUT2D eigenvalue weighted by Gasteiger charge is 2.32. The van der Waals surface area contributed by atoms with Gasteiger partial charge in [0.1, 0.15) is 0 Å².